The van der Waals surface area contributed by atoms with E-state index in [2.05, 4.69) is 32.2 Å². The number of carbonyl (C=O) groups is 3. The van der Waals surface area contributed by atoms with Crippen molar-refractivity contribution in [1.82, 2.24) is 4.90 Å². The summed E-state index contributed by atoms with van der Waals surface area (Å²) in [7, 11) is 0.656. The zero-order valence-corrected chi connectivity index (χ0v) is 27.6. The summed E-state index contributed by atoms with van der Waals surface area (Å²) in [6.45, 7) is 7.77. The number of amides is 2. The largest absolute Gasteiger partial charge is 0.497 e. The molecule has 238 valence electrons. The van der Waals surface area contributed by atoms with Crippen LogP contribution < -0.4 is 14.8 Å². The summed E-state index contributed by atoms with van der Waals surface area (Å²) in [5.41, 5.74) is 0.412. The third-order valence-corrected chi connectivity index (χ3v) is 14.6. The molecule has 2 aromatic rings. The van der Waals surface area contributed by atoms with Crippen molar-refractivity contribution in [2.24, 2.45) is 5.92 Å². The fourth-order valence-corrected chi connectivity index (χ4v) is 12.0. The molecular weight excluding hydrogens is 576 g/mol. The Morgan fingerprint density at radius 2 is 1.82 bits per heavy atom. The molecule has 5 rings (SSSR count). The lowest BCUT2D eigenvalue weighted by molar-refractivity contribution is -0.150. The molecule has 2 aromatic carbocycles. The molecule has 44 heavy (non-hydrogen) atoms. The van der Waals surface area contributed by atoms with Gasteiger partial charge in [-0.3, -0.25) is 14.4 Å². The van der Waals surface area contributed by atoms with Crippen LogP contribution in [0.25, 0.3) is 0 Å². The average molecular weight is 623 g/mol. The van der Waals surface area contributed by atoms with Crippen molar-refractivity contribution >= 4 is 36.7 Å². The van der Waals surface area contributed by atoms with Crippen molar-refractivity contribution in [3.8, 4) is 5.75 Å². The number of benzene rings is 2. The molecule has 0 aromatic heterocycles. The summed E-state index contributed by atoms with van der Waals surface area (Å²) >= 11 is 0. The van der Waals surface area contributed by atoms with Gasteiger partial charge in [0.2, 0.25) is 5.91 Å². The highest BCUT2D eigenvalue weighted by Gasteiger charge is 2.66. The lowest BCUT2D eigenvalue weighted by Gasteiger charge is -2.37. The molecule has 2 fully saturated rings. The molecule has 0 aliphatic carbocycles. The van der Waals surface area contributed by atoms with E-state index in [0.29, 0.717) is 32.4 Å². The first-order valence-electron chi connectivity index (χ1n) is 15.8. The number of anilines is 1. The van der Waals surface area contributed by atoms with Gasteiger partial charge in [0.1, 0.15) is 5.75 Å². The Kier molecular flexibility index (Phi) is 9.53. The minimum Gasteiger partial charge on any atom is -0.497 e. The first-order chi connectivity index (χ1) is 21.1. The van der Waals surface area contributed by atoms with E-state index in [4.69, 9.17) is 14.2 Å². The van der Waals surface area contributed by atoms with Crippen LogP contribution in [0.3, 0.4) is 0 Å². The molecule has 2 amide bonds. The van der Waals surface area contributed by atoms with Gasteiger partial charge in [0.15, 0.2) is 5.60 Å². The predicted molar refractivity (Wildman–Crippen MR) is 171 cm³/mol. The lowest BCUT2D eigenvalue weighted by atomic mass is 9.82. The molecule has 2 saturated heterocycles. The molecule has 3 aliphatic rings. The molecule has 3 aliphatic heterocycles. The zero-order chi connectivity index (χ0) is 31.6. The van der Waals surface area contributed by atoms with Gasteiger partial charge in [0.05, 0.1) is 53.2 Å². The second kappa shape index (κ2) is 13.0. The van der Waals surface area contributed by atoms with Crippen molar-refractivity contribution in [3.05, 3.63) is 54.1 Å². The van der Waals surface area contributed by atoms with Gasteiger partial charge in [-0.1, -0.05) is 55.5 Å². The van der Waals surface area contributed by atoms with Crippen molar-refractivity contribution in [2.45, 2.75) is 81.8 Å². The predicted octanol–water partition coefficient (Wildman–Crippen LogP) is 3.97. The molecule has 9 nitrogen and oxygen atoms in total. The van der Waals surface area contributed by atoms with Crippen LogP contribution >= 0.6 is 0 Å². The van der Waals surface area contributed by atoms with Crippen LogP contribution in [0.15, 0.2) is 48.5 Å². The molecule has 1 spiro atoms. The fraction of sp³-hybridized carbons (Fsp3) is 0.559. The summed E-state index contributed by atoms with van der Waals surface area (Å²) in [4.78, 5) is 43.8. The first kappa shape index (κ1) is 32.2. The van der Waals surface area contributed by atoms with E-state index in [1.54, 1.807) is 12.0 Å². The number of nitrogens with zero attached hydrogens (tertiary/aromatic N) is 2. The Bertz CT molecular complexity index is 1370. The molecule has 1 N–H and O–H groups in total. The number of fused-ring (bicyclic) bond motifs is 2. The summed E-state index contributed by atoms with van der Waals surface area (Å²) in [5, 5.41) is 11.1. The van der Waals surface area contributed by atoms with Crippen LogP contribution in [-0.2, 0) is 29.5 Å². The fourth-order valence-electron chi connectivity index (χ4n) is 7.97. The van der Waals surface area contributed by atoms with Gasteiger partial charge in [-0.25, -0.2) is 0 Å². The summed E-state index contributed by atoms with van der Waals surface area (Å²) < 4.78 is 17.3. The number of aliphatic hydroxyl groups excluding tert-OH is 1. The number of hydrogen-bond acceptors (Lipinski definition) is 7. The number of unbranched alkanes of at least 4 members (excludes halogenated alkanes) is 1. The van der Waals surface area contributed by atoms with E-state index in [1.165, 1.54) is 12.3 Å². The molecule has 0 bridgehead atoms. The van der Waals surface area contributed by atoms with E-state index >= 15 is 0 Å². The number of aliphatic hydroxyl groups is 1. The van der Waals surface area contributed by atoms with E-state index < -0.39 is 19.8 Å². The van der Waals surface area contributed by atoms with Gasteiger partial charge < -0.3 is 29.1 Å². The van der Waals surface area contributed by atoms with E-state index in [-0.39, 0.29) is 48.3 Å². The van der Waals surface area contributed by atoms with Crippen LogP contribution in [0.2, 0.25) is 18.6 Å². The Morgan fingerprint density at radius 3 is 2.50 bits per heavy atom. The number of para-hydroxylation sites is 1. The summed E-state index contributed by atoms with van der Waals surface area (Å²) in [6.07, 6.45) is 2.91. The number of methoxy groups -OCH3 is 2. The quantitative estimate of drug-likeness (QED) is 0.230. The highest BCUT2D eigenvalue weighted by atomic mass is 28.3. The van der Waals surface area contributed by atoms with Crippen molar-refractivity contribution in [1.29, 1.82) is 0 Å². The maximum atomic E-state index is 14.6. The second-order valence-corrected chi connectivity index (χ2v) is 17.6. The van der Waals surface area contributed by atoms with Gasteiger partial charge >= 0.3 is 5.97 Å². The molecule has 10 heteroatoms. The number of ether oxygens (including phenoxy) is 3. The molecule has 0 unspecified atom stereocenters. The summed E-state index contributed by atoms with van der Waals surface area (Å²) in [6, 6.07) is 15.8. The smallest absolute Gasteiger partial charge is 0.305 e. The van der Waals surface area contributed by atoms with Crippen LogP contribution in [0.1, 0.15) is 51.0 Å². The Labute approximate surface area is 261 Å². The minimum atomic E-state index is -2.38. The Morgan fingerprint density at radius 1 is 1.09 bits per heavy atom. The molecule has 5 atom stereocenters. The van der Waals surface area contributed by atoms with Crippen LogP contribution in [-0.4, -0.2) is 81.9 Å². The van der Waals surface area contributed by atoms with Crippen LogP contribution in [0.4, 0.5) is 5.69 Å². The Balaban J connectivity index is 1.51. The van der Waals surface area contributed by atoms with Crippen molar-refractivity contribution < 1.29 is 33.7 Å². The SMILES string of the molecule is COC(=O)CCCCN1C(=O)[C@]2(O[C@H](CC(=O)N3CCC[C@H]3CO)[C@@H]([Si](C)(C)c3ccc(OC)cc3)[C@@H]2C)c2ccccc21. The van der Waals surface area contributed by atoms with Gasteiger partial charge in [0, 0.05) is 31.0 Å². The number of esters is 1. The standard InChI is InChI=1S/C34H46N2O7Si/c1-23-32(44(4,5)26-17-15-25(41-2)16-18-26)29(21-30(38)35-20-10-11-24(35)22-37)43-34(23)27-12-6-7-13-28(27)36(33(34)40)19-9-8-14-31(39)42-3/h6-7,12-13,15-18,23-24,29,32,37H,8-11,14,19-22H2,1-5H3/t23-,24-,29+,32-,34+/m0/s1. The van der Waals surface area contributed by atoms with Crippen molar-refractivity contribution in [3.63, 3.8) is 0 Å². The maximum absolute atomic E-state index is 14.6. The van der Waals surface area contributed by atoms with Gasteiger partial charge in [0.25, 0.3) is 5.91 Å². The number of hydrogen-bond donors (Lipinski definition) is 1. The monoisotopic (exact) mass is 622 g/mol. The topological polar surface area (TPSA) is 106 Å². The average Bonchev–Trinajstić information content (AvgIpc) is 3.69. The van der Waals surface area contributed by atoms with Crippen LogP contribution in [0, 0.1) is 5.92 Å². The maximum Gasteiger partial charge on any atom is 0.305 e. The van der Waals surface area contributed by atoms with Gasteiger partial charge in [-0.2, -0.15) is 0 Å². The highest BCUT2D eigenvalue weighted by Crippen LogP contribution is 2.60. The van der Waals surface area contributed by atoms with Gasteiger partial charge in [-0.05, 0) is 49.4 Å². The third-order valence-electron chi connectivity index (χ3n) is 10.3. The van der Waals surface area contributed by atoms with Crippen LogP contribution in [0.5, 0.6) is 5.75 Å². The number of rotatable bonds is 11. The number of carbonyl (C=O) groups excluding carboxylic acids is 3. The lowest BCUT2D eigenvalue weighted by Crippen LogP contribution is -2.52. The van der Waals surface area contributed by atoms with E-state index in [9.17, 15) is 19.5 Å². The normalized spacial score (nSPS) is 26.4. The molecule has 0 saturated carbocycles. The summed E-state index contributed by atoms with van der Waals surface area (Å²) in [5.74, 6) is 0.191. The Hall–Kier alpha value is -3.21. The van der Waals surface area contributed by atoms with E-state index in [1.807, 2.05) is 41.3 Å². The third kappa shape index (κ3) is 5.56. The highest BCUT2D eigenvalue weighted by molar-refractivity contribution is 6.91. The second-order valence-electron chi connectivity index (χ2n) is 12.9. The van der Waals surface area contributed by atoms with E-state index in [0.717, 1.165) is 29.8 Å². The molecular formula is C34H46N2O7Si. The molecule has 3 heterocycles. The van der Waals surface area contributed by atoms with Crippen molar-refractivity contribution in [2.75, 3.05) is 38.8 Å². The number of likely N-dealkylation sites (tertiary alicyclic amines) is 1. The van der Waals surface area contributed by atoms with Gasteiger partial charge in [-0.15, -0.1) is 0 Å². The zero-order valence-electron chi connectivity index (χ0n) is 26.6. The first-order valence-corrected chi connectivity index (χ1v) is 18.9. The molecule has 0 radical (unpaired) electrons. The minimum absolute atomic E-state index is 0.0290.